The topological polar surface area (TPSA) is 66.8 Å². The molecule has 0 fully saturated rings. The van der Waals surface area contributed by atoms with Gasteiger partial charge in [-0.15, -0.1) is 0 Å². The standard InChI is InChI=1S/C36H39NO4S/c1-26(24-27-16-17-28-10-5-6-12-31(28)25-27)37(32-19-21-33(22-20-32)41-36(2,3)4)35(42(38,39)40)23-18-30-14-9-13-29-11-7-8-15-34(29)30/h5-17,19-22,25-26,35H,18,23-24H2,1-4H3,(H,38,39,40)/t26?,35-/m1/s1. The molecule has 0 radical (unpaired) electrons. The molecule has 1 N–H and O–H groups in total. The van der Waals surface area contributed by atoms with Gasteiger partial charge in [0.2, 0.25) is 0 Å². The van der Waals surface area contributed by atoms with Crippen molar-refractivity contribution in [3.8, 4) is 5.75 Å². The van der Waals surface area contributed by atoms with Gasteiger partial charge in [0.05, 0.1) is 0 Å². The molecule has 1 unspecified atom stereocenters. The summed E-state index contributed by atoms with van der Waals surface area (Å²) in [7, 11) is -4.45. The van der Waals surface area contributed by atoms with Crippen LogP contribution in [-0.2, 0) is 23.0 Å². The van der Waals surface area contributed by atoms with Gasteiger partial charge in [0.1, 0.15) is 11.4 Å². The smallest absolute Gasteiger partial charge is 0.286 e. The Balaban J connectivity index is 1.50. The number of hydrogen-bond donors (Lipinski definition) is 1. The van der Waals surface area contributed by atoms with Gasteiger partial charge in [0.25, 0.3) is 10.1 Å². The molecular weight excluding hydrogens is 542 g/mol. The fraction of sp³-hybridized carbons (Fsp3) is 0.278. The second-order valence-corrected chi connectivity index (χ2v) is 13.6. The molecule has 5 rings (SSSR count). The molecule has 0 spiro atoms. The summed E-state index contributed by atoms with van der Waals surface area (Å²) in [6.45, 7) is 7.98. The van der Waals surface area contributed by atoms with Crippen molar-refractivity contribution in [1.82, 2.24) is 0 Å². The maximum absolute atomic E-state index is 13.1. The van der Waals surface area contributed by atoms with Gasteiger partial charge in [0.15, 0.2) is 5.37 Å². The average Bonchev–Trinajstić information content (AvgIpc) is 2.94. The second-order valence-electron chi connectivity index (χ2n) is 12.0. The largest absolute Gasteiger partial charge is 0.488 e. The van der Waals surface area contributed by atoms with E-state index in [-0.39, 0.29) is 18.1 Å². The molecule has 6 heteroatoms. The zero-order valence-electron chi connectivity index (χ0n) is 24.7. The Morgan fingerprint density at radius 3 is 2.12 bits per heavy atom. The van der Waals surface area contributed by atoms with Crippen molar-refractivity contribution in [2.75, 3.05) is 4.90 Å². The predicted octanol–water partition coefficient (Wildman–Crippen LogP) is 8.45. The fourth-order valence-corrected chi connectivity index (χ4v) is 6.80. The first-order valence-corrected chi connectivity index (χ1v) is 16.0. The molecule has 0 saturated carbocycles. The Labute approximate surface area is 249 Å². The molecule has 0 aliphatic rings. The molecule has 0 aliphatic heterocycles. The third-order valence-corrected chi connectivity index (χ3v) is 8.72. The fourth-order valence-electron chi connectivity index (χ4n) is 5.77. The lowest BCUT2D eigenvalue weighted by Crippen LogP contribution is -2.47. The van der Waals surface area contributed by atoms with Crippen LogP contribution in [0.4, 0.5) is 5.69 Å². The summed E-state index contributed by atoms with van der Waals surface area (Å²) in [6, 6.07) is 36.0. The Morgan fingerprint density at radius 1 is 0.786 bits per heavy atom. The van der Waals surface area contributed by atoms with Crippen molar-refractivity contribution < 1.29 is 17.7 Å². The van der Waals surface area contributed by atoms with Crippen LogP contribution < -0.4 is 9.64 Å². The minimum atomic E-state index is -4.45. The van der Waals surface area contributed by atoms with Crippen LogP contribution in [0.15, 0.2) is 109 Å². The maximum Gasteiger partial charge on any atom is 0.286 e. The van der Waals surface area contributed by atoms with E-state index in [0.29, 0.717) is 24.3 Å². The van der Waals surface area contributed by atoms with E-state index in [4.69, 9.17) is 4.74 Å². The molecule has 5 aromatic rings. The van der Waals surface area contributed by atoms with Crippen molar-refractivity contribution in [2.45, 2.75) is 64.0 Å². The lowest BCUT2D eigenvalue weighted by Gasteiger charge is -2.37. The Bertz CT molecular complexity index is 1770. The second kappa shape index (κ2) is 12.2. The zero-order chi connectivity index (χ0) is 29.9. The van der Waals surface area contributed by atoms with Crippen LogP contribution in [0, 0.1) is 0 Å². The van der Waals surface area contributed by atoms with Crippen LogP contribution in [0.5, 0.6) is 5.75 Å². The quantitative estimate of drug-likeness (QED) is 0.168. The van der Waals surface area contributed by atoms with Crippen LogP contribution in [-0.4, -0.2) is 30.0 Å². The summed E-state index contributed by atoms with van der Waals surface area (Å²) in [5.74, 6) is 0.701. The Hall–Kier alpha value is -3.87. The molecule has 218 valence electrons. The molecule has 0 saturated heterocycles. The number of benzene rings is 5. The van der Waals surface area contributed by atoms with Crippen LogP contribution >= 0.6 is 0 Å². The summed E-state index contributed by atoms with van der Waals surface area (Å²) in [5.41, 5.74) is 2.50. The molecule has 0 amide bonds. The van der Waals surface area contributed by atoms with E-state index in [9.17, 15) is 13.0 Å². The van der Waals surface area contributed by atoms with Gasteiger partial charge in [-0.1, -0.05) is 84.9 Å². The van der Waals surface area contributed by atoms with Gasteiger partial charge in [0, 0.05) is 11.7 Å². The highest BCUT2D eigenvalue weighted by Crippen LogP contribution is 2.31. The first-order valence-electron chi connectivity index (χ1n) is 14.5. The molecule has 5 nitrogen and oxygen atoms in total. The molecule has 2 atom stereocenters. The van der Waals surface area contributed by atoms with Gasteiger partial charge >= 0.3 is 0 Å². The minimum absolute atomic E-state index is 0.231. The number of hydrogen-bond acceptors (Lipinski definition) is 4. The third kappa shape index (κ3) is 7.12. The van der Waals surface area contributed by atoms with Crippen molar-refractivity contribution in [2.24, 2.45) is 0 Å². The number of anilines is 1. The number of rotatable bonds is 10. The molecule has 0 aliphatic carbocycles. The Kier molecular flexibility index (Phi) is 8.58. The lowest BCUT2D eigenvalue weighted by molar-refractivity contribution is 0.131. The summed E-state index contributed by atoms with van der Waals surface area (Å²) in [5, 5.41) is 3.36. The van der Waals surface area contributed by atoms with E-state index in [1.54, 1.807) is 0 Å². The van der Waals surface area contributed by atoms with E-state index in [2.05, 4.69) is 48.5 Å². The van der Waals surface area contributed by atoms with Crippen LogP contribution in [0.2, 0.25) is 0 Å². The van der Waals surface area contributed by atoms with E-state index in [1.165, 1.54) is 0 Å². The number of nitrogens with zero attached hydrogens (tertiary/aromatic N) is 1. The van der Waals surface area contributed by atoms with Gasteiger partial charge in [-0.2, -0.15) is 8.42 Å². The first-order chi connectivity index (χ1) is 20.0. The lowest BCUT2D eigenvalue weighted by atomic mass is 9.99. The highest BCUT2D eigenvalue weighted by atomic mass is 32.2. The summed E-state index contributed by atoms with van der Waals surface area (Å²) in [6.07, 6.45) is 1.33. The van der Waals surface area contributed by atoms with Crippen molar-refractivity contribution >= 4 is 37.4 Å². The van der Waals surface area contributed by atoms with Gasteiger partial charge in [-0.05, 0) is 104 Å². The van der Waals surface area contributed by atoms with E-state index < -0.39 is 15.5 Å². The SMILES string of the molecule is CC(Cc1ccc2ccccc2c1)N(c1ccc(OC(C)(C)C)cc1)[C@@H](CCc1cccc2ccccc12)S(=O)(=O)O. The molecule has 0 aromatic heterocycles. The predicted molar refractivity (Wildman–Crippen MR) is 174 cm³/mol. The summed E-state index contributed by atoms with van der Waals surface area (Å²) in [4.78, 5) is 1.86. The van der Waals surface area contributed by atoms with Gasteiger partial charge in [-0.3, -0.25) is 4.55 Å². The third-order valence-electron chi connectivity index (χ3n) is 7.57. The molecule has 42 heavy (non-hydrogen) atoms. The van der Waals surface area contributed by atoms with Gasteiger partial charge in [-0.25, -0.2) is 0 Å². The van der Waals surface area contributed by atoms with Crippen LogP contribution in [0.3, 0.4) is 0 Å². The minimum Gasteiger partial charge on any atom is -0.488 e. The van der Waals surface area contributed by atoms with E-state index in [1.807, 2.05) is 93.3 Å². The zero-order valence-corrected chi connectivity index (χ0v) is 25.5. The monoisotopic (exact) mass is 581 g/mol. The van der Waals surface area contributed by atoms with Crippen LogP contribution in [0.1, 0.15) is 45.2 Å². The number of aryl methyl sites for hydroxylation is 1. The maximum atomic E-state index is 13.1. The summed E-state index contributed by atoms with van der Waals surface area (Å²) < 4.78 is 42.9. The normalized spacial score (nSPS) is 13.6. The van der Waals surface area contributed by atoms with E-state index in [0.717, 1.165) is 32.7 Å². The van der Waals surface area contributed by atoms with Crippen molar-refractivity contribution in [1.29, 1.82) is 0 Å². The number of ether oxygens (including phenoxy) is 1. The Morgan fingerprint density at radius 2 is 1.43 bits per heavy atom. The van der Waals surface area contributed by atoms with Crippen LogP contribution in [0.25, 0.3) is 21.5 Å². The van der Waals surface area contributed by atoms with Crippen molar-refractivity contribution in [3.05, 3.63) is 120 Å². The van der Waals surface area contributed by atoms with E-state index >= 15 is 0 Å². The first kappa shape index (κ1) is 29.6. The molecule has 0 bridgehead atoms. The molecule has 5 aromatic carbocycles. The molecule has 0 heterocycles. The van der Waals surface area contributed by atoms with Crippen molar-refractivity contribution in [3.63, 3.8) is 0 Å². The summed E-state index contributed by atoms with van der Waals surface area (Å²) >= 11 is 0. The van der Waals surface area contributed by atoms with Gasteiger partial charge < -0.3 is 9.64 Å². The highest BCUT2D eigenvalue weighted by molar-refractivity contribution is 7.86. The highest BCUT2D eigenvalue weighted by Gasteiger charge is 2.33. The number of fused-ring (bicyclic) bond motifs is 2. The average molecular weight is 582 g/mol. The molecular formula is C36H39NO4S.